The lowest BCUT2D eigenvalue weighted by molar-refractivity contribution is 0.0909. The van der Waals surface area contributed by atoms with Crippen LogP contribution in [0.15, 0.2) is 35.3 Å². The molecule has 22 heavy (non-hydrogen) atoms. The first-order valence-corrected chi connectivity index (χ1v) is 7.62. The minimum Gasteiger partial charge on any atom is -0.383 e. The van der Waals surface area contributed by atoms with E-state index in [1.807, 2.05) is 13.0 Å². The molecule has 0 spiro atoms. The second-order valence-electron chi connectivity index (χ2n) is 5.01. The first-order chi connectivity index (χ1) is 10.6. The molecule has 0 aliphatic heterocycles. The van der Waals surface area contributed by atoms with E-state index in [4.69, 9.17) is 4.74 Å². The van der Waals surface area contributed by atoms with Gasteiger partial charge in [-0.25, -0.2) is 4.98 Å². The van der Waals surface area contributed by atoms with Crippen LogP contribution in [0, 0.1) is 0 Å². The zero-order valence-electron chi connectivity index (χ0n) is 12.2. The van der Waals surface area contributed by atoms with Crippen LogP contribution >= 0.6 is 11.3 Å². The lowest BCUT2D eigenvalue weighted by atomic mass is 10.3. The summed E-state index contributed by atoms with van der Waals surface area (Å²) in [7, 11) is 1.58. The van der Waals surface area contributed by atoms with Crippen molar-refractivity contribution in [3.05, 3.63) is 45.7 Å². The van der Waals surface area contributed by atoms with Gasteiger partial charge in [0.25, 0.3) is 11.5 Å². The molecule has 3 aromatic heterocycles. The second kappa shape index (κ2) is 5.86. The number of aromatic nitrogens is 2. The van der Waals surface area contributed by atoms with Gasteiger partial charge in [0.2, 0.25) is 0 Å². The van der Waals surface area contributed by atoms with Gasteiger partial charge in [-0.05, 0) is 25.1 Å². The van der Waals surface area contributed by atoms with Crippen LogP contribution in [-0.4, -0.2) is 35.1 Å². The van der Waals surface area contributed by atoms with Gasteiger partial charge >= 0.3 is 0 Å². The average Bonchev–Trinajstić information content (AvgIpc) is 2.92. The molecule has 3 aromatic rings. The van der Waals surface area contributed by atoms with E-state index in [1.165, 1.54) is 15.7 Å². The Kier molecular flexibility index (Phi) is 3.91. The number of hydrogen-bond donors (Lipinski definition) is 1. The molecule has 0 aliphatic rings. The van der Waals surface area contributed by atoms with Crippen LogP contribution in [0.25, 0.3) is 15.9 Å². The Morgan fingerprint density at radius 2 is 2.32 bits per heavy atom. The molecule has 3 heterocycles. The van der Waals surface area contributed by atoms with E-state index >= 15 is 0 Å². The average molecular weight is 317 g/mol. The minimum absolute atomic E-state index is 0.101. The Labute approximate surface area is 130 Å². The minimum atomic E-state index is -0.221. The van der Waals surface area contributed by atoms with Crippen molar-refractivity contribution >= 4 is 33.1 Å². The summed E-state index contributed by atoms with van der Waals surface area (Å²) in [6.45, 7) is 2.29. The SMILES string of the molecule is COC[C@@H](C)NC(=O)c1cc2c(=O)n3ccccc3nc2s1. The second-order valence-corrected chi connectivity index (χ2v) is 6.04. The molecule has 114 valence electrons. The monoisotopic (exact) mass is 317 g/mol. The topological polar surface area (TPSA) is 72.7 Å². The summed E-state index contributed by atoms with van der Waals surface area (Å²) in [5.74, 6) is -0.221. The van der Waals surface area contributed by atoms with Gasteiger partial charge in [0.15, 0.2) is 0 Å². The third-order valence-electron chi connectivity index (χ3n) is 3.23. The summed E-state index contributed by atoms with van der Waals surface area (Å²) in [5, 5.41) is 3.29. The van der Waals surface area contributed by atoms with Crippen molar-refractivity contribution in [2.75, 3.05) is 13.7 Å². The van der Waals surface area contributed by atoms with Crippen LogP contribution in [0.2, 0.25) is 0 Å². The number of thiophene rings is 1. The third kappa shape index (κ3) is 2.60. The van der Waals surface area contributed by atoms with Crippen LogP contribution in [0.3, 0.4) is 0 Å². The highest BCUT2D eigenvalue weighted by Gasteiger charge is 2.16. The molecule has 0 saturated carbocycles. The van der Waals surface area contributed by atoms with E-state index in [9.17, 15) is 9.59 Å². The maximum atomic E-state index is 12.4. The molecule has 0 aliphatic carbocycles. The first kappa shape index (κ1) is 14.7. The van der Waals surface area contributed by atoms with Gasteiger partial charge < -0.3 is 10.1 Å². The van der Waals surface area contributed by atoms with Gasteiger partial charge in [-0.1, -0.05) is 6.07 Å². The zero-order valence-corrected chi connectivity index (χ0v) is 13.0. The van der Waals surface area contributed by atoms with Crippen molar-refractivity contribution in [3.8, 4) is 0 Å². The Bertz CT molecular complexity index is 900. The van der Waals surface area contributed by atoms with Crippen molar-refractivity contribution < 1.29 is 9.53 Å². The molecule has 1 atom stereocenters. The molecular formula is C15H15N3O3S. The number of fused-ring (bicyclic) bond motifs is 2. The van der Waals surface area contributed by atoms with E-state index in [1.54, 1.807) is 31.5 Å². The van der Waals surface area contributed by atoms with Gasteiger partial charge in [0.1, 0.15) is 10.5 Å². The number of ether oxygens (including phenoxy) is 1. The summed E-state index contributed by atoms with van der Waals surface area (Å²) in [6, 6.07) is 6.86. The fourth-order valence-corrected chi connectivity index (χ4v) is 3.18. The quantitative estimate of drug-likeness (QED) is 0.794. The fraction of sp³-hybridized carbons (Fsp3) is 0.267. The van der Waals surface area contributed by atoms with E-state index < -0.39 is 0 Å². The molecular weight excluding hydrogens is 302 g/mol. The highest BCUT2D eigenvalue weighted by Crippen LogP contribution is 2.22. The lowest BCUT2D eigenvalue weighted by Gasteiger charge is -2.11. The van der Waals surface area contributed by atoms with E-state index in [-0.39, 0.29) is 17.5 Å². The molecule has 0 unspecified atom stereocenters. The van der Waals surface area contributed by atoms with Gasteiger partial charge in [0.05, 0.1) is 16.9 Å². The lowest BCUT2D eigenvalue weighted by Crippen LogP contribution is -2.35. The Balaban J connectivity index is 2.03. The molecule has 1 N–H and O–H groups in total. The van der Waals surface area contributed by atoms with E-state index in [2.05, 4.69) is 10.3 Å². The van der Waals surface area contributed by atoms with E-state index in [0.29, 0.717) is 27.3 Å². The largest absolute Gasteiger partial charge is 0.383 e. The maximum Gasteiger partial charge on any atom is 0.266 e. The molecule has 0 radical (unpaired) electrons. The Morgan fingerprint density at radius 3 is 3.09 bits per heavy atom. The number of rotatable bonds is 4. The predicted molar refractivity (Wildman–Crippen MR) is 85.6 cm³/mol. The van der Waals surface area contributed by atoms with Crippen molar-refractivity contribution in [1.82, 2.24) is 14.7 Å². The highest BCUT2D eigenvalue weighted by atomic mass is 32.1. The maximum absolute atomic E-state index is 12.4. The molecule has 0 bridgehead atoms. The van der Waals surface area contributed by atoms with Gasteiger partial charge in [-0.2, -0.15) is 0 Å². The summed E-state index contributed by atoms with van der Waals surface area (Å²) in [4.78, 5) is 30.1. The van der Waals surface area contributed by atoms with Crippen molar-refractivity contribution in [2.24, 2.45) is 0 Å². The van der Waals surface area contributed by atoms with Crippen LogP contribution in [0.4, 0.5) is 0 Å². The number of nitrogens with one attached hydrogen (secondary N) is 1. The Hall–Kier alpha value is -2.25. The Morgan fingerprint density at radius 1 is 1.50 bits per heavy atom. The van der Waals surface area contributed by atoms with Crippen molar-refractivity contribution in [1.29, 1.82) is 0 Å². The molecule has 0 fully saturated rings. The van der Waals surface area contributed by atoms with Gasteiger partial charge in [0, 0.05) is 19.3 Å². The predicted octanol–water partition coefficient (Wildman–Crippen LogP) is 1.67. The van der Waals surface area contributed by atoms with Crippen molar-refractivity contribution in [3.63, 3.8) is 0 Å². The molecule has 0 saturated heterocycles. The van der Waals surface area contributed by atoms with Gasteiger partial charge in [-0.15, -0.1) is 11.3 Å². The summed E-state index contributed by atoms with van der Waals surface area (Å²) >= 11 is 1.22. The van der Waals surface area contributed by atoms with E-state index in [0.717, 1.165) is 0 Å². The third-order valence-corrected chi connectivity index (χ3v) is 4.26. The smallest absolute Gasteiger partial charge is 0.266 e. The fourth-order valence-electron chi connectivity index (χ4n) is 2.25. The standard InChI is InChI=1S/C15H15N3O3S/c1-9(8-21-2)16-13(19)11-7-10-14(22-11)17-12-5-3-4-6-18(12)15(10)20/h3-7,9H,8H2,1-2H3,(H,16,19)/t9-/m1/s1. The number of amides is 1. The molecule has 6 nitrogen and oxygen atoms in total. The zero-order chi connectivity index (χ0) is 15.7. The van der Waals surface area contributed by atoms with Crippen molar-refractivity contribution in [2.45, 2.75) is 13.0 Å². The molecule has 7 heteroatoms. The number of nitrogens with zero attached hydrogens (tertiary/aromatic N) is 2. The highest BCUT2D eigenvalue weighted by molar-refractivity contribution is 7.20. The molecule has 0 aromatic carbocycles. The molecule has 1 amide bonds. The normalized spacial score (nSPS) is 12.6. The van der Waals surface area contributed by atoms with Crippen LogP contribution in [0.1, 0.15) is 16.6 Å². The number of hydrogen-bond acceptors (Lipinski definition) is 5. The van der Waals surface area contributed by atoms with Crippen LogP contribution in [0.5, 0.6) is 0 Å². The van der Waals surface area contributed by atoms with Gasteiger partial charge in [-0.3, -0.25) is 14.0 Å². The molecule has 3 rings (SSSR count). The summed E-state index contributed by atoms with van der Waals surface area (Å²) in [5.41, 5.74) is 0.405. The summed E-state index contributed by atoms with van der Waals surface area (Å²) in [6.07, 6.45) is 1.67. The number of pyridine rings is 1. The summed E-state index contributed by atoms with van der Waals surface area (Å²) < 4.78 is 6.47. The number of carbonyl (C=O) groups excluding carboxylic acids is 1. The number of carbonyl (C=O) groups is 1. The first-order valence-electron chi connectivity index (χ1n) is 6.81. The van der Waals surface area contributed by atoms with Crippen LogP contribution < -0.4 is 10.9 Å². The number of methoxy groups -OCH3 is 1. The van der Waals surface area contributed by atoms with Crippen LogP contribution in [-0.2, 0) is 4.74 Å².